The molecule has 1 nitrogen and oxygen atoms in total. The van der Waals surface area contributed by atoms with Gasteiger partial charge in [-0.05, 0) is 46.8 Å². The molecule has 0 aliphatic rings. The molecule has 2 aromatic heterocycles. The summed E-state index contributed by atoms with van der Waals surface area (Å²) in [6.07, 6.45) is -0.626. The molecule has 0 saturated heterocycles. The Kier molecular flexibility index (Phi) is 3.76. The van der Waals surface area contributed by atoms with E-state index in [2.05, 4.69) is 15.9 Å². The summed E-state index contributed by atoms with van der Waals surface area (Å²) in [5, 5.41) is 12.9. The Labute approximate surface area is 116 Å². The molecule has 0 spiro atoms. The fraction of sp³-hybridized carbons (Fsp3) is 0.273. The van der Waals surface area contributed by atoms with Crippen LogP contribution >= 0.6 is 50.2 Å². The molecule has 0 radical (unpaired) electrons. The lowest BCUT2D eigenvalue weighted by Crippen LogP contribution is -1.95. The van der Waals surface area contributed by atoms with Crippen LogP contribution in [0.5, 0.6) is 0 Å². The van der Waals surface area contributed by atoms with Crippen LogP contribution < -0.4 is 0 Å². The highest BCUT2D eigenvalue weighted by atomic mass is 79.9. The van der Waals surface area contributed by atoms with E-state index in [-0.39, 0.29) is 0 Å². The maximum atomic E-state index is 10.3. The Morgan fingerprint density at radius 2 is 2.06 bits per heavy atom. The molecular formula is C11H10BrClOS2. The van der Waals surface area contributed by atoms with Gasteiger partial charge in [0.2, 0.25) is 0 Å². The topological polar surface area (TPSA) is 20.2 Å². The highest BCUT2D eigenvalue weighted by molar-refractivity contribution is 9.10. The smallest absolute Gasteiger partial charge is 0.125 e. The largest absolute Gasteiger partial charge is 0.382 e. The van der Waals surface area contributed by atoms with E-state index in [4.69, 9.17) is 11.6 Å². The Hall–Kier alpha value is 0.130. The summed E-state index contributed by atoms with van der Waals surface area (Å²) < 4.78 is 0.949. The van der Waals surface area contributed by atoms with Crippen molar-refractivity contribution in [2.24, 2.45) is 0 Å². The molecule has 0 saturated carbocycles. The van der Waals surface area contributed by atoms with Crippen molar-refractivity contribution in [1.82, 2.24) is 0 Å². The van der Waals surface area contributed by atoms with Gasteiger partial charge in [0.05, 0.1) is 14.8 Å². The number of aliphatic hydroxyl groups excluding tert-OH is 1. The SMILES string of the molecule is Cc1cc(Br)c(C(O)c2scc(C)c2Cl)s1. The van der Waals surface area contributed by atoms with Gasteiger partial charge in [0, 0.05) is 9.35 Å². The van der Waals surface area contributed by atoms with Gasteiger partial charge < -0.3 is 5.11 Å². The minimum Gasteiger partial charge on any atom is -0.382 e. The average molecular weight is 338 g/mol. The lowest BCUT2D eigenvalue weighted by atomic mass is 10.2. The zero-order valence-electron chi connectivity index (χ0n) is 8.75. The Bertz CT molecular complexity index is 516. The summed E-state index contributed by atoms with van der Waals surface area (Å²) in [7, 11) is 0. The fourth-order valence-electron chi connectivity index (χ4n) is 1.44. The minimum absolute atomic E-state index is 0.626. The standard InChI is InChI=1S/C11H10BrClOS2/c1-5-4-15-11(8(5)13)9(14)10-7(12)3-6(2)16-10/h3-4,9,14H,1-2H3. The van der Waals surface area contributed by atoms with Crippen LogP contribution in [0.25, 0.3) is 0 Å². The van der Waals surface area contributed by atoms with Gasteiger partial charge >= 0.3 is 0 Å². The molecule has 0 bridgehead atoms. The summed E-state index contributed by atoms with van der Waals surface area (Å²) in [5.41, 5.74) is 1.02. The van der Waals surface area contributed by atoms with E-state index in [1.165, 1.54) is 16.2 Å². The predicted octanol–water partition coefficient (Wildman–Crippen LogP) is 4.92. The predicted molar refractivity (Wildman–Crippen MR) is 74.9 cm³/mol. The number of aryl methyl sites for hydroxylation is 2. The van der Waals surface area contributed by atoms with E-state index in [0.29, 0.717) is 5.02 Å². The van der Waals surface area contributed by atoms with E-state index >= 15 is 0 Å². The van der Waals surface area contributed by atoms with Crippen molar-refractivity contribution in [1.29, 1.82) is 0 Å². The summed E-state index contributed by atoms with van der Waals surface area (Å²) in [5.74, 6) is 0. The van der Waals surface area contributed by atoms with Gasteiger partial charge in [-0.15, -0.1) is 22.7 Å². The second kappa shape index (κ2) is 4.78. The van der Waals surface area contributed by atoms with Crippen molar-refractivity contribution in [2.45, 2.75) is 20.0 Å². The van der Waals surface area contributed by atoms with Crippen molar-refractivity contribution >= 4 is 50.2 Å². The third kappa shape index (κ3) is 2.22. The summed E-state index contributed by atoms with van der Waals surface area (Å²) in [4.78, 5) is 2.91. The number of hydrogen-bond acceptors (Lipinski definition) is 3. The van der Waals surface area contributed by atoms with Crippen LogP contribution in [0.2, 0.25) is 5.02 Å². The normalized spacial score (nSPS) is 13.1. The van der Waals surface area contributed by atoms with Crippen LogP contribution in [0.4, 0.5) is 0 Å². The molecule has 0 aromatic carbocycles. The second-order valence-corrected chi connectivity index (χ2v) is 7.00. The van der Waals surface area contributed by atoms with Gasteiger partial charge in [0.1, 0.15) is 6.10 Å². The van der Waals surface area contributed by atoms with Gasteiger partial charge in [0.15, 0.2) is 0 Å². The number of thiophene rings is 2. The van der Waals surface area contributed by atoms with Gasteiger partial charge in [-0.3, -0.25) is 0 Å². The third-order valence-electron chi connectivity index (χ3n) is 2.26. The first-order valence-electron chi connectivity index (χ1n) is 4.68. The van der Waals surface area contributed by atoms with Gasteiger partial charge in [0.25, 0.3) is 0 Å². The second-order valence-electron chi connectivity index (χ2n) is 3.57. The fourth-order valence-corrected chi connectivity index (χ4v) is 4.67. The van der Waals surface area contributed by atoms with E-state index in [9.17, 15) is 5.11 Å². The van der Waals surface area contributed by atoms with Crippen molar-refractivity contribution in [3.8, 4) is 0 Å². The first-order chi connectivity index (χ1) is 7.50. The first kappa shape index (κ1) is 12.6. The highest BCUT2D eigenvalue weighted by Crippen LogP contribution is 2.41. The lowest BCUT2D eigenvalue weighted by Gasteiger charge is -2.08. The molecule has 1 atom stereocenters. The van der Waals surface area contributed by atoms with Gasteiger partial charge in [-0.25, -0.2) is 0 Å². The number of hydrogen-bond donors (Lipinski definition) is 1. The quantitative estimate of drug-likeness (QED) is 0.824. The van der Waals surface area contributed by atoms with Crippen LogP contribution in [0.1, 0.15) is 26.3 Å². The van der Waals surface area contributed by atoms with Crippen molar-refractivity contribution in [2.75, 3.05) is 0 Å². The molecule has 2 aromatic rings. The van der Waals surface area contributed by atoms with Crippen LogP contribution in [0.15, 0.2) is 15.9 Å². The van der Waals surface area contributed by atoms with E-state index in [1.807, 2.05) is 25.3 Å². The Balaban J connectivity index is 2.42. The molecule has 16 heavy (non-hydrogen) atoms. The van der Waals surface area contributed by atoms with Crippen molar-refractivity contribution < 1.29 is 5.11 Å². The van der Waals surface area contributed by atoms with Crippen molar-refractivity contribution in [3.05, 3.63) is 41.1 Å². The van der Waals surface area contributed by atoms with E-state index < -0.39 is 6.10 Å². The molecule has 5 heteroatoms. The maximum Gasteiger partial charge on any atom is 0.125 e. The zero-order chi connectivity index (χ0) is 11.9. The molecule has 0 aliphatic heterocycles. The summed E-state index contributed by atoms with van der Waals surface area (Å²) >= 11 is 12.7. The molecule has 0 fully saturated rings. The van der Waals surface area contributed by atoms with Crippen LogP contribution in [0.3, 0.4) is 0 Å². The first-order valence-corrected chi connectivity index (χ1v) is 7.54. The minimum atomic E-state index is -0.626. The lowest BCUT2D eigenvalue weighted by molar-refractivity contribution is 0.227. The monoisotopic (exact) mass is 336 g/mol. The van der Waals surface area contributed by atoms with E-state index in [0.717, 1.165) is 19.8 Å². The third-order valence-corrected chi connectivity index (χ3v) is 6.05. The van der Waals surface area contributed by atoms with Crippen LogP contribution in [0, 0.1) is 13.8 Å². The Morgan fingerprint density at radius 3 is 2.50 bits per heavy atom. The molecular weight excluding hydrogens is 328 g/mol. The molecule has 1 unspecified atom stereocenters. The number of aliphatic hydroxyl groups is 1. The summed E-state index contributed by atoms with van der Waals surface area (Å²) in [6.45, 7) is 3.97. The molecule has 0 aliphatic carbocycles. The molecule has 2 heterocycles. The van der Waals surface area contributed by atoms with Crippen molar-refractivity contribution in [3.63, 3.8) is 0 Å². The maximum absolute atomic E-state index is 10.3. The van der Waals surface area contributed by atoms with Gasteiger partial charge in [-0.1, -0.05) is 11.6 Å². The van der Waals surface area contributed by atoms with E-state index in [1.54, 1.807) is 11.3 Å². The van der Waals surface area contributed by atoms with Crippen LogP contribution in [-0.4, -0.2) is 5.11 Å². The zero-order valence-corrected chi connectivity index (χ0v) is 12.7. The highest BCUT2D eigenvalue weighted by Gasteiger charge is 2.21. The molecule has 1 N–H and O–H groups in total. The number of halogens is 2. The summed E-state index contributed by atoms with van der Waals surface area (Å²) in [6, 6.07) is 2.01. The molecule has 0 amide bonds. The Morgan fingerprint density at radius 1 is 1.38 bits per heavy atom. The molecule has 86 valence electrons. The van der Waals surface area contributed by atoms with Crippen LogP contribution in [-0.2, 0) is 0 Å². The molecule has 2 rings (SSSR count). The number of rotatable bonds is 2. The average Bonchev–Trinajstić information content (AvgIpc) is 2.71. The van der Waals surface area contributed by atoms with Gasteiger partial charge in [-0.2, -0.15) is 0 Å².